The summed E-state index contributed by atoms with van der Waals surface area (Å²) in [6.45, 7) is 0. The van der Waals surface area contributed by atoms with Gasteiger partial charge in [-0.1, -0.05) is 18.2 Å². The maximum atomic E-state index is 12.0. The molecular formula is C14H11NO3. The van der Waals surface area contributed by atoms with E-state index in [2.05, 4.69) is 4.98 Å². The number of pyridine rings is 1. The van der Waals surface area contributed by atoms with Crippen LogP contribution < -0.4 is 0 Å². The van der Waals surface area contributed by atoms with Crippen molar-refractivity contribution in [2.45, 2.75) is 19.3 Å². The van der Waals surface area contributed by atoms with Crippen LogP contribution in [0.2, 0.25) is 0 Å². The van der Waals surface area contributed by atoms with E-state index in [0.29, 0.717) is 35.0 Å². The van der Waals surface area contributed by atoms with E-state index in [1.54, 1.807) is 18.2 Å². The summed E-state index contributed by atoms with van der Waals surface area (Å²) in [7, 11) is 0. The molecule has 0 spiro atoms. The Bertz CT molecular complexity index is 676. The van der Waals surface area contributed by atoms with E-state index >= 15 is 0 Å². The highest BCUT2D eigenvalue weighted by molar-refractivity contribution is 6.14. The Morgan fingerprint density at radius 1 is 1.22 bits per heavy atom. The van der Waals surface area contributed by atoms with Gasteiger partial charge < -0.3 is 5.11 Å². The van der Waals surface area contributed by atoms with Gasteiger partial charge in [0.05, 0.1) is 22.3 Å². The predicted octanol–water partition coefficient (Wildman–Crippen LogP) is 2.45. The molecule has 0 bridgehead atoms. The summed E-state index contributed by atoms with van der Waals surface area (Å²) in [6, 6.07) is 7.06. The Labute approximate surface area is 103 Å². The molecule has 2 aromatic rings. The average molecular weight is 241 g/mol. The molecule has 1 aromatic carbocycles. The zero-order chi connectivity index (χ0) is 12.7. The Hall–Kier alpha value is -2.23. The van der Waals surface area contributed by atoms with E-state index in [4.69, 9.17) is 0 Å². The van der Waals surface area contributed by atoms with E-state index in [0.717, 1.165) is 6.42 Å². The number of hydrogen-bond acceptors (Lipinski definition) is 3. The van der Waals surface area contributed by atoms with Gasteiger partial charge in [-0.15, -0.1) is 0 Å². The van der Waals surface area contributed by atoms with E-state index in [1.807, 2.05) is 6.07 Å². The number of nitrogens with zero attached hydrogens (tertiary/aromatic N) is 1. The Balaban J connectivity index is 2.46. The van der Waals surface area contributed by atoms with Crippen molar-refractivity contribution in [3.63, 3.8) is 0 Å². The third-order valence-corrected chi connectivity index (χ3v) is 3.28. The zero-order valence-corrected chi connectivity index (χ0v) is 9.64. The first-order chi connectivity index (χ1) is 8.68. The number of Topliss-reactive ketones (excluding diaryl/α,β-unsaturated/α-hetero) is 1. The minimum atomic E-state index is -1.06. The summed E-state index contributed by atoms with van der Waals surface area (Å²) in [4.78, 5) is 27.8. The lowest BCUT2D eigenvalue weighted by Gasteiger charge is -2.17. The number of aryl methyl sites for hydroxylation is 1. The molecular weight excluding hydrogens is 230 g/mol. The molecule has 90 valence electrons. The normalized spacial score (nSPS) is 14.6. The van der Waals surface area contributed by atoms with Crippen LogP contribution in [0, 0.1) is 0 Å². The first kappa shape index (κ1) is 10.9. The number of carboxylic acids is 1. The number of carbonyl (C=O) groups is 2. The predicted molar refractivity (Wildman–Crippen MR) is 66.0 cm³/mol. The summed E-state index contributed by atoms with van der Waals surface area (Å²) >= 11 is 0. The lowest BCUT2D eigenvalue weighted by molar-refractivity contribution is 0.0693. The van der Waals surface area contributed by atoms with Gasteiger partial charge in [-0.05, 0) is 18.9 Å². The van der Waals surface area contributed by atoms with Crippen molar-refractivity contribution in [1.29, 1.82) is 0 Å². The highest BCUT2D eigenvalue weighted by atomic mass is 16.4. The van der Waals surface area contributed by atoms with Crippen LogP contribution in [0.4, 0.5) is 0 Å². The smallest absolute Gasteiger partial charge is 0.337 e. The van der Waals surface area contributed by atoms with Gasteiger partial charge in [-0.2, -0.15) is 0 Å². The average Bonchev–Trinajstić information content (AvgIpc) is 2.36. The van der Waals surface area contributed by atoms with Crippen LogP contribution in [0.25, 0.3) is 10.9 Å². The highest BCUT2D eigenvalue weighted by Gasteiger charge is 2.27. The molecule has 0 atom stereocenters. The van der Waals surface area contributed by atoms with Gasteiger partial charge in [-0.3, -0.25) is 9.78 Å². The number of ketones is 1. The molecule has 1 N–H and O–H groups in total. The maximum Gasteiger partial charge on any atom is 0.337 e. The van der Waals surface area contributed by atoms with Gasteiger partial charge in [-0.25, -0.2) is 4.79 Å². The van der Waals surface area contributed by atoms with Crippen LogP contribution in [0.3, 0.4) is 0 Å². The molecule has 4 nitrogen and oxygen atoms in total. The van der Waals surface area contributed by atoms with Crippen molar-refractivity contribution in [3.8, 4) is 0 Å². The molecule has 0 unspecified atom stereocenters. The molecule has 0 saturated carbocycles. The number of aromatic carboxylic acids is 1. The maximum absolute atomic E-state index is 12.0. The number of fused-ring (bicyclic) bond motifs is 2. The van der Waals surface area contributed by atoms with Gasteiger partial charge in [0.25, 0.3) is 0 Å². The summed E-state index contributed by atoms with van der Waals surface area (Å²) in [5, 5.41) is 9.92. The fraction of sp³-hybridized carbons (Fsp3) is 0.214. The minimum absolute atomic E-state index is 0.105. The number of hydrogen-bond donors (Lipinski definition) is 1. The molecule has 0 radical (unpaired) electrons. The SMILES string of the molecule is O=C1CCCc2nc3ccccc3c(C(=O)O)c21. The summed E-state index contributed by atoms with van der Waals surface area (Å²) in [5.41, 5.74) is 1.69. The fourth-order valence-electron chi connectivity index (χ4n) is 2.51. The van der Waals surface area contributed by atoms with Crippen LogP contribution >= 0.6 is 0 Å². The van der Waals surface area contributed by atoms with Gasteiger partial charge in [0.2, 0.25) is 0 Å². The first-order valence-electron chi connectivity index (χ1n) is 5.86. The van der Waals surface area contributed by atoms with Crippen molar-refractivity contribution in [1.82, 2.24) is 4.98 Å². The van der Waals surface area contributed by atoms with Crippen molar-refractivity contribution < 1.29 is 14.7 Å². The van der Waals surface area contributed by atoms with Gasteiger partial charge in [0, 0.05) is 11.8 Å². The standard InChI is InChI=1S/C14H11NO3/c16-11-7-3-6-10-13(11)12(14(17)18)8-4-1-2-5-9(8)15-10/h1-2,4-5H,3,6-7H2,(H,17,18). The van der Waals surface area contributed by atoms with E-state index in [1.165, 1.54) is 0 Å². The molecule has 0 aliphatic heterocycles. The third kappa shape index (κ3) is 1.49. The molecule has 1 aliphatic rings. The topological polar surface area (TPSA) is 67.3 Å². The molecule has 4 heteroatoms. The lowest BCUT2D eigenvalue weighted by Crippen LogP contribution is -2.18. The number of rotatable bonds is 1. The summed E-state index contributed by atoms with van der Waals surface area (Å²) < 4.78 is 0. The molecule has 0 fully saturated rings. The Morgan fingerprint density at radius 3 is 2.78 bits per heavy atom. The molecule has 1 aliphatic carbocycles. The van der Waals surface area contributed by atoms with E-state index < -0.39 is 5.97 Å². The van der Waals surface area contributed by atoms with Crippen LogP contribution in [-0.2, 0) is 6.42 Å². The van der Waals surface area contributed by atoms with E-state index in [-0.39, 0.29) is 11.3 Å². The molecule has 1 heterocycles. The number of carboxylic acid groups (broad SMARTS) is 1. The van der Waals surface area contributed by atoms with Gasteiger partial charge >= 0.3 is 5.97 Å². The van der Waals surface area contributed by atoms with Gasteiger partial charge in [0.1, 0.15) is 0 Å². The quantitative estimate of drug-likeness (QED) is 0.832. The number of benzene rings is 1. The summed E-state index contributed by atoms with van der Waals surface area (Å²) in [5.74, 6) is -1.16. The Morgan fingerprint density at radius 2 is 2.00 bits per heavy atom. The van der Waals surface area contributed by atoms with E-state index in [9.17, 15) is 14.7 Å². The van der Waals surface area contributed by atoms with Crippen LogP contribution in [0.1, 0.15) is 39.3 Å². The second kappa shape index (κ2) is 3.91. The largest absolute Gasteiger partial charge is 0.478 e. The molecule has 0 saturated heterocycles. The fourth-order valence-corrected chi connectivity index (χ4v) is 2.51. The first-order valence-corrected chi connectivity index (χ1v) is 5.86. The second-order valence-corrected chi connectivity index (χ2v) is 4.41. The highest BCUT2D eigenvalue weighted by Crippen LogP contribution is 2.29. The molecule has 18 heavy (non-hydrogen) atoms. The van der Waals surface area contributed by atoms with Crippen molar-refractivity contribution >= 4 is 22.7 Å². The van der Waals surface area contributed by atoms with Crippen LogP contribution in [0.15, 0.2) is 24.3 Å². The van der Waals surface area contributed by atoms with Crippen molar-refractivity contribution in [2.75, 3.05) is 0 Å². The molecule has 3 rings (SSSR count). The molecule has 1 aromatic heterocycles. The molecule has 0 amide bonds. The lowest BCUT2D eigenvalue weighted by atomic mass is 9.89. The minimum Gasteiger partial charge on any atom is -0.478 e. The third-order valence-electron chi connectivity index (χ3n) is 3.28. The van der Waals surface area contributed by atoms with Crippen molar-refractivity contribution in [2.24, 2.45) is 0 Å². The van der Waals surface area contributed by atoms with Crippen molar-refractivity contribution in [3.05, 3.63) is 41.1 Å². The monoisotopic (exact) mass is 241 g/mol. The zero-order valence-electron chi connectivity index (χ0n) is 9.64. The summed E-state index contributed by atoms with van der Waals surface area (Å²) in [6.07, 6.45) is 1.83. The second-order valence-electron chi connectivity index (χ2n) is 4.41. The number of para-hydroxylation sites is 1. The number of carbonyl (C=O) groups excluding carboxylic acids is 1. The van der Waals surface area contributed by atoms with Gasteiger partial charge in [0.15, 0.2) is 5.78 Å². The van der Waals surface area contributed by atoms with Crippen LogP contribution in [-0.4, -0.2) is 21.8 Å². The number of aromatic nitrogens is 1. The Kier molecular flexibility index (Phi) is 2.37. The van der Waals surface area contributed by atoms with Crippen LogP contribution in [0.5, 0.6) is 0 Å².